The molecular weight excluding hydrogens is 408 g/mol. The first kappa shape index (κ1) is 21.7. The molecule has 0 spiro atoms. The molecule has 1 aliphatic carbocycles. The molecule has 1 N–H and O–H groups in total. The van der Waals surface area contributed by atoms with Gasteiger partial charge in [0.25, 0.3) is 0 Å². The van der Waals surface area contributed by atoms with Crippen LogP contribution in [0.5, 0.6) is 5.75 Å². The van der Waals surface area contributed by atoms with Crippen molar-refractivity contribution in [3.05, 3.63) is 48.7 Å². The number of hydrogen-bond donors (Lipinski definition) is 1. The van der Waals surface area contributed by atoms with Crippen molar-refractivity contribution in [3.63, 3.8) is 0 Å². The topological polar surface area (TPSA) is 104 Å². The quantitative estimate of drug-likeness (QED) is 0.625. The van der Waals surface area contributed by atoms with Crippen molar-refractivity contribution in [2.24, 2.45) is 0 Å². The number of ether oxygens (including phenoxy) is 2. The number of hydrogen-bond acceptors (Lipinski definition) is 7. The number of rotatable bonds is 6. The van der Waals surface area contributed by atoms with Gasteiger partial charge in [-0.1, -0.05) is 0 Å². The Morgan fingerprint density at radius 3 is 2.53 bits per heavy atom. The maximum Gasteiger partial charge on any atom is 0.407 e. The van der Waals surface area contributed by atoms with E-state index in [-0.39, 0.29) is 12.0 Å². The van der Waals surface area contributed by atoms with Crippen LogP contribution in [0.4, 0.5) is 4.79 Å². The van der Waals surface area contributed by atoms with Crippen LogP contribution < -0.4 is 10.1 Å². The van der Waals surface area contributed by atoms with E-state index in [4.69, 9.17) is 9.47 Å². The summed E-state index contributed by atoms with van der Waals surface area (Å²) in [7, 11) is 0. The van der Waals surface area contributed by atoms with Gasteiger partial charge in [-0.05, 0) is 64.8 Å². The lowest BCUT2D eigenvalue weighted by atomic mass is 9.79. The van der Waals surface area contributed by atoms with Crippen LogP contribution in [0.15, 0.2) is 42.9 Å². The maximum absolute atomic E-state index is 12.1. The first-order valence-corrected chi connectivity index (χ1v) is 10.8. The average Bonchev–Trinajstić information content (AvgIpc) is 3.15. The van der Waals surface area contributed by atoms with E-state index >= 15 is 0 Å². The van der Waals surface area contributed by atoms with E-state index in [1.54, 1.807) is 18.6 Å². The molecule has 0 unspecified atom stereocenters. The van der Waals surface area contributed by atoms with Gasteiger partial charge < -0.3 is 14.8 Å². The summed E-state index contributed by atoms with van der Waals surface area (Å²) in [6, 6.07) is 7.63. The second kappa shape index (κ2) is 8.94. The van der Waals surface area contributed by atoms with Crippen LogP contribution in [0, 0.1) is 0 Å². The zero-order valence-electron chi connectivity index (χ0n) is 18.8. The fourth-order valence-corrected chi connectivity index (χ4v) is 3.66. The van der Waals surface area contributed by atoms with Crippen LogP contribution in [0.25, 0.3) is 17.2 Å². The summed E-state index contributed by atoms with van der Waals surface area (Å²) in [5.41, 5.74) is 1.09. The normalized spacial score (nSPS) is 18.0. The van der Waals surface area contributed by atoms with E-state index in [1.165, 1.54) is 0 Å². The molecule has 0 aliphatic heterocycles. The van der Waals surface area contributed by atoms with Gasteiger partial charge >= 0.3 is 6.09 Å². The standard InChI is InChI=1S/C23H28N6O3/c1-5-31-18-6-7-19(25-14-18)21-28-27-20(29(21)17-8-10-24-11-9-17)15-12-16(13-15)26-22(30)32-23(2,3)4/h6-11,14-16H,5,12-13H2,1-4H3,(H,26,30). The lowest BCUT2D eigenvalue weighted by Crippen LogP contribution is -2.45. The Hall–Kier alpha value is -3.49. The first-order chi connectivity index (χ1) is 15.3. The summed E-state index contributed by atoms with van der Waals surface area (Å²) in [4.78, 5) is 20.7. The van der Waals surface area contributed by atoms with E-state index < -0.39 is 11.7 Å². The van der Waals surface area contributed by atoms with Crippen molar-refractivity contribution < 1.29 is 14.3 Å². The highest BCUT2D eigenvalue weighted by atomic mass is 16.6. The van der Waals surface area contributed by atoms with E-state index in [1.807, 2.05) is 56.5 Å². The van der Waals surface area contributed by atoms with Crippen LogP contribution >= 0.6 is 0 Å². The fourth-order valence-electron chi connectivity index (χ4n) is 3.66. The SMILES string of the molecule is CCOc1ccc(-c2nnc(C3CC(NC(=O)OC(C)(C)C)C3)n2-c2ccncc2)nc1. The monoisotopic (exact) mass is 436 g/mol. The predicted octanol–water partition coefficient (Wildman–Crippen LogP) is 3.89. The van der Waals surface area contributed by atoms with Crippen molar-refractivity contribution in [1.29, 1.82) is 0 Å². The number of amides is 1. The van der Waals surface area contributed by atoms with Crippen molar-refractivity contribution in [2.45, 2.75) is 58.1 Å². The molecule has 3 heterocycles. The molecule has 3 aromatic heterocycles. The van der Waals surface area contributed by atoms with Crippen LogP contribution in [0.2, 0.25) is 0 Å². The molecule has 1 saturated carbocycles. The van der Waals surface area contributed by atoms with Gasteiger partial charge in [-0.15, -0.1) is 10.2 Å². The Bertz CT molecular complexity index is 1050. The lowest BCUT2D eigenvalue weighted by Gasteiger charge is -2.35. The molecule has 0 radical (unpaired) electrons. The second-order valence-corrected chi connectivity index (χ2v) is 8.75. The van der Waals surface area contributed by atoms with Gasteiger partial charge in [0, 0.05) is 24.4 Å². The maximum atomic E-state index is 12.1. The van der Waals surface area contributed by atoms with Gasteiger partial charge in [-0.2, -0.15) is 0 Å². The van der Waals surface area contributed by atoms with Crippen LogP contribution in [-0.4, -0.2) is 49.1 Å². The zero-order chi connectivity index (χ0) is 22.7. The Morgan fingerprint density at radius 2 is 1.91 bits per heavy atom. The zero-order valence-corrected chi connectivity index (χ0v) is 18.8. The molecule has 9 nitrogen and oxygen atoms in total. The van der Waals surface area contributed by atoms with Crippen molar-refractivity contribution in [1.82, 2.24) is 30.0 Å². The number of carbonyl (C=O) groups excluding carboxylic acids is 1. The number of pyridine rings is 2. The predicted molar refractivity (Wildman–Crippen MR) is 119 cm³/mol. The highest BCUT2D eigenvalue weighted by molar-refractivity contribution is 5.68. The Labute approximate surface area is 187 Å². The number of nitrogens with zero attached hydrogens (tertiary/aromatic N) is 5. The summed E-state index contributed by atoms with van der Waals surface area (Å²) < 4.78 is 12.9. The van der Waals surface area contributed by atoms with E-state index in [9.17, 15) is 4.79 Å². The molecule has 0 bridgehead atoms. The third kappa shape index (κ3) is 4.87. The van der Waals surface area contributed by atoms with Gasteiger partial charge in [0.2, 0.25) is 0 Å². The van der Waals surface area contributed by atoms with Gasteiger partial charge in [-0.25, -0.2) is 9.78 Å². The van der Waals surface area contributed by atoms with Crippen molar-refractivity contribution in [2.75, 3.05) is 6.61 Å². The number of nitrogens with one attached hydrogen (secondary N) is 1. The minimum atomic E-state index is -0.519. The Kier molecular flexibility index (Phi) is 6.07. The molecule has 1 amide bonds. The fraction of sp³-hybridized carbons (Fsp3) is 0.435. The largest absolute Gasteiger partial charge is 0.492 e. The van der Waals surface area contributed by atoms with Gasteiger partial charge in [0.1, 0.15) is 22.9 Å². The average molecular weight is 437 g/mol. The lowest BCUT2D eigenvalue weighted by molar-refractivity contribution is 0.0469. The summed E-state index contributed by atoms with van der Waals surface area (Å²) >= 11 is 0. The molecule has 3 aromatic rings. The van der Waals surface area contributed by atoms with E-state index in [0.29, 0.717) is 23.9 Å². The molecule has 9 heteroatoms. The minimum absolute atomic E-state index is 0.0458. The van der Waals surface area contributed by atoms with Gasteiger partial charge in [0.15, 0.2) is 5.82 Å². The summed E-state index contributed by atoms with van der Waals surface area (Å²) in [6.45, 7) is 8.07. The third-order valence-electron chi connectivity index (χ3n) is 5.11. The molecule has 4 rings (SSSR count). The minimum Gasteiger partial charge on any atom is -0.492 e. The number of carbonyl (C=O) groups is 1. The smallest absolute Gasteiger partial charge is 0.407 e. The second-order valence-electron chi connectivity index (χ2n) is 8.75. The van der Waals surface area contributed by atoms with Crippen LogP contribution in [-0.2, 0) is 4.74 Å². The van der Waals surface area contributed by atoms with Gasteiger partial charge in [-0.3, -0.25) is 9.55 Å². The summed E-state index contributed by atoms with van der Waals surface area (Å²) in [5.74, 6) is 2.36. The highest BCUT2D eigenvalue weighted by Crippen LogP contribution is 2.38. The molecule has 32 heavy (non-hydrogen) atoms. The van der Waals surface area contributed by atoms with Crippen molar-refractivity contribution in [3.8, 4) is 23.0 Å². The first-order valence-electron chi connectivity index (χ1n) is 10.8. The van der Waals surface area contributed by atoms with Crippen LogP contribution in [0.1, 0.15) is 52.3 Å². The number of aromatic nitrogens is 5. The van der Waals surface area contributed by atoms with E-state index in [0.717, 1.165) is 24.4 Å². The Morgan fingerprint density at radius 1 is 1.16 bits per heavy atom. The number of alkyl carbamates (subject to hydrolysis) is 1. The Balaban J connectivity index is 1.56. The molecule has 0 saturated heterocycles. The summed E-state index contributed by atoms with van der Waals surface area (Å²) in [5, 5.41) is 11.9. The highest BCUT2D eigenvalue weighted by Gasteiger charge is 2.36. The van der Waals surface area contributed by atoms with Gasteiger partial charge in [0.05, 0.1) is 18.5 Å². The molecule has 1 aliphatic rings. The molecular formula is C23H28N6O3. The third-order valence-corrected chi connectivity index (χ3v) is 5.11. The summed E-state index contributed by atoms with van der Waals surface area (Å²) in [6.07, 6.45) is 6.30. The molecule has 0 atom stereocenters. The molecule has 1 fully saturated rings. The van der Waals surface area contributed by atoms with Crippen LogP contribution in [0.3, 0.4) is 0 Å². The van der Waals surface area contributed by atoms with Crippen molar-refractivity contribution >= 4 is 6.09 Å². The molecule has 168 valence electrons. The van der Waals surface area contributed by atoms with E-state index in [2.05, 4.69) is 25.5 Å². The molecule has 0 aromatic carbocycles.